The molecule has 0 aromatic rings. The van der Waals surface area contributed by atoms with Crippen molar-refractivity contribution >= 4 is 33.6 Å². The summed E-state index contributed by atoms with van der Waals surface area (Å²) < 4.78 is 61.0. The van der Waals surface area contributed by atoms with E-state index in [2.05, 4.69) is 179 Å². The molecule has 0 spiro atoms. The minimum absolute atomic E-state index is 0.0803. The van der Waals surface area contributed by atoms with Crippen LogP contribution in [0, 0.1) is 0 Å². The number of carbonyl (C=O) groups is 3. The minimum Gasteiger partial charge on any atom is -0.463 e. The minimum atomic E-state index is -4.94. The first kappa shape index (κ1) is 92.2. The summed E-state index contributed by atoms with van der Waals surface area (Å²) in [6, 6.07) is 0. The average Bonchev–Trinajstić information content (AvgIpc) is 1.58. The molecule has 0 saturated heterocycles. The summed E-state index contributed by atoms with van der Waals surface area (Å²) in [6.07, 6.45) is 87.2. The number of carbonyl (C=O) groups excluding carboxylic acids is 3. The molecule has 0 aliphatic rings. The molecule has 4 N–H and O–H groups in total. The molecule has 0 amide bonds. The summed E-state index contributed by atoms with van der Waals surface area (Å²) in [7, 11) is -9.80. The van der Waals surface area contributed by atoms with Gasteiger partial charge in [-0.3, -0.25) is 32.5 Å². The molecule has 0 heterocycles. The summed E-state index contributed by atoms with van der Waals surface area (Å²) in [4.78, 5) is 58.5. The molecule has 5 unspecified atom stereocenters. The lowest BCUT2D eigenvalue weighted by molar-refractivity contribution is -0.161. The molecule has 5 atom stereocenters. The van der Waals surface area contributed by atoms with E-state index in [1.165, 1.54) is 0 Å². The second kappa shape index (κ2) is 71.0. The van der Waals surface area contributed by atoms with E-state index in [9.17, 15) is 43.5 Å². The molecule has 0 radical (unpaired) electrons. The van der Waals surface area contributed by atoms with Crippen molar-refractivity contribution in [3.63, 3.8) is 0 Å². The van der Waals surface area contributed by atoms with E-state index in [0.717, 1.165) is 205 Å². The number of rotatable bonds is 68. The zero-order valence-corrected chi connectivity index (χ0v) is 61.7. The summed E-state index contributed by atoms with van der Waals surface area (Å²) in [6.45, 7) is 2.31. The third-order valence-electron chi connectivity index (χ3n) is 14.7. The van der Waals surface area contributed by atoms with Gasteiger partial charge in [-0.05, 0) is 141 Å². The molecular weight excluding hydrogens is 1270 g/mol. The third kappa shape index (κ3) is 72.2. The highest BCUT2D eigenvalue weighted by Gasteiger charge is 2.29. The predicted molar refractivity (Wildman–Crippen MR) is 399 cm³/mol. The zero-order chi connectivity index (χ0) is 70.9. The Morgan fingerprint density at radius 3 is 0.866 bits per heavy atom. The van der Waals surface area contributed by atoms with Crippen molar-refractivity contribution in [3.8, 4) is 0 Å². The normalized spacial score (nSPS) is 15.0. The Morgan fingerprint density at radius 2 is 0.546 bits per heavy atom. The highest BCUT2D eigenvalue weighted by Crippen LogP contribution is 2.45. The molecular formula is C79H130O16P2. The standard InChI is InChI=1S/C79H130O16P2/c1-4-7-10-13-16-19-22-25-27-29-31-33-35-36-38-40-41-43-45-48-50-53-56-59-62-65-77(82)89-68-74(80)69-91-96(85,86)92-70-75(81)71-93-97(87,88)94-73-76(95-79(84)67-64-61-58-55-52-47-24-21-18-15-12-9-6-3)72-90-78(83)66-63-60-57-54-51-49-46-44-42-39-37-34-32-30-28-26-23-20-17-14-11-8-5-2/h7-8,10-12,15-17,19-21,24-28,31-34,36,38-39,41-43,74-76,80-81H,4-6,9,13-14,18,22-23,29-30,35,37,40,44-73H2,1-3H3,(H,85,86)(H,87,88)/b10-7-,11-8-,15-12-,19-16-,20-17-,24-21-,27-25-,28-26-,33-31-,34-32-,38-36-,42-39-,43-41-. The summed E-state index contributed by atoms with van der Waals surface area (Å²) in [5.74, 6) is -1.63. The van der Waals surface area contributed by atoms with Gasteiger partial charge in [-0.25, -0.2) is 9.13 Å². The van der Waals surface area contributed by atoms with Gasteiger partial charge < -0.3 is 34.2 Å². The van der Waals surface area contributed by atoms with Gasteiger partial charge in [-0.2, -0.15) is 0 Å². The van der Waals surface area contributed by atoms with Gasteiger partial charge in [0.2, 0.25) is 0 Å². The molecule has 97 heavy (non-hydrogen) atoms. The van der Waals surface area contributed by atoms with E-state index in [4.69, 9.17) is 32.3 Å². The number of unbranched alkanes of at least 4 members (excludes halogenated alkanes) is 19. The Hall–Kier alpha value is -4.83. The maximum absolute atomic E-state index is 12.9. The lowest BCUT2D eigenvalue weighted by Crippen LogP contribution is -2.30. The van der Waals surface area contributed by atoms with Crippen LogP contribution in [0.2, 0.25) is 0 Å². The average molecular weight is 1400 g/mol. The van der Waals surface area contributed by atoms with Gasteiger partial charge in [-0.15, -0.1) is 0 Å². The number of aliphatic hydroxyl groups excluding tert-OH is 2. The van der Waals surface area contributed by atoms with Crippen LogP contribution in [0.3, 0.4) is 0 Å². The van der Waals surface area contributed by atoms with Gasteiger partial charge in [0.15, 0.2) is 6.10 Å². The number of hydrogen-bond acceptors (Lipinski definition) is 14. The molecule has 0 saturated carbocycles. The van der Waals surface area contributed by atoms with E-state index in [1.54, 1.807) is 0 Å². The highest BCUT2D eigenvalue weighted by molar-refractivity contribution is 7.47. The van der Waals surface area contributed by atoms with Crippen LogP contribution in [0.4, 0.5) is 0 Å². The molecule has 0 aliphatic carbocycles. The van der Waals surface area contributed by atoms with Gasteiger partial charge in [0.25, 0.3) is 0 Å². The molecule has 18 heteroatoms. The summed E-state index contributed by atoms with van der Waals surface area (Å²) in [5.41, 5.74) is 0. The van der Waals surface area contributed by atoms with Crippen molar-refractivity contribution in [3.05, 3.63) is 158 Å². The van der Waals surface area contributed by atoms with Gasteiger partial charge >= 0.3 is 33.6 Å². The molecule has 0 bridgehead atoms. The Labute approximate surface area is 587 Å². The Kier molecular flexibility index (Phi) is 67.5. The van der Waals surface area contributed by atoms with Crippen LogP contribution in [-0.2, 0) is 55.8 Å². The lowest BCUT2D eigenvalue weighted by Gasteiger charge is -2.21. The number of phosphoric ester groups is 2. The number of esters is 3. The van der Waals surface area contributed by atoms with Crippen LogP contribution in [0.15, 0.2) is 158 Å². The second-order valence-electron chi connectivity index (χ2n) is 24.0. The van der Waals surface area contributed by atoms with Crippen LogP contribution in [0.25, 0.3) is 0 Å². The number of ether oxygens (including phenoxy) is 3. The zero-order valence-electron chi connectivity index (χ0n) is 59.9. The van der Waals surface area contributed by atoms with Crippen molar-refractivity contribution < 1.29 is 75.8 Å². The molecule has 552 valence electrons. The first-order valence-electron chi connectivity index (χ1n) is 36.8. The Balaban J connectivity index is 4.62. The van der Waals surface area contributed by atoms with Crippen molar-refractivity contribution in [2.24, 2.45) is 0 Å². The summed E-state index contributed by atoms with van der Waals surface area (Å²) >= 11 is 0. The van der Waals surface area contributed by atoms with Crippen molar-refractivity contribution in [2.45, 2.75) is 283 Å². The maximum atomic E-state index is 12.9. The van der Waals surface area contributed by atoms with Gasteiger partial charge in [0.1, 0.15) is 25.4 Å². The van der Waals surface area contributed by atoms with Crippen LogP contribution in [0.5, 0.6) is 0 Å². The monoisotopic (exact) mass is 1400 g/mol. The molecule has 0 aliphatic heterocycles. The number of hydrogen-bond donors (Lipinski definition) is 4. The smallest absolute Gasteiger partial charge is 0.463 e. The number of aliphatic hydroxyl groups is 2. The molecule has 16 nitrogen and oxygen atoms in total. The van der Waals surface area contributed by atoms with Crippen molar-refractivity contribution in [1.29, 1.82) is 0 Å². The number of allylic oxidation sites excluding steroid dienone is 26. The van der Waals surface area contributed by atoms with Crippen molar-refractivity contribution in [2.75, 3.05) is 39.6 Å². The molecule has 0 rings (SSSR count). The van der Waals surface area contributed by atoms with Gasteiger partial charge in [0, 0.05) is 19.3 Å². The highest BCUT2D eigenvalue weighted by atomic mass is 31.2. The quantitative estimate of drug-likeness (QED) is 0.0146. The first-order valence-corrected chi connectivity index (χ1v) is 39.8. The van der Waals surface area contributed by atoms with Crippen LogP contribution >= 0.6 is 15.6 Å². The molecule has 0 aromatic heterocycles. The maximum Gasteiger partial charge on any atom is 0.472 e. The number of phosphoric acid groups is 2. The SMILES string of the molecule is CC/C=C\C/C=C\C/C=C\C/C=C\C/C=C\C/C=C\CCCCCCCCC(=O)OCC(O)COP(=O)(O)OCC(O)COP(=O)(O)OCC(COC(=O)CCCCCCCCC/C=C\C/C=C\C/C=C\C/C=C\C/C=C\CC)OC(=O)CCCCCCC/C=C\C/C=C\CCC. The predicted octanol–water partition coefficient (Wildman–Crippen LogP) is 21.1. The Morgan fingerprint density at radius 1 is 0.299 bits per heavy atom. The largest absolute Gasteiger partial charge is 0.472 e. The van der Waals surface area contributed by atoms with E-state index in [1.807, 2.05) is 0 Å². The summed E-state index contributed by atoms with van der Waals surface area (Å²) in [5, 5.41) is 20.6. The van der Waals surface area contributed by atoms with Crippen LogP contribution < -0.4 is 0 Å². The third-order valence-corrected chi connectivity index (χ3v) is 16.6. The fourth-order valence-electron chi connectivity index (χ4n) is 9.17. The fraction of sp³-hybridized carbons (Fsp3) is 0.633. The molecule has 0 aromatic carbocycles. The lowest BCUT2D eigenvalue weighted by atomic mass is 10.1. The van der Waals surface area contributed by atoms with Crippen LogP contribution in [0.1, 0.15) is 265 Å². The van der Waals surface area contributed by atoms with Crippen molar-refractivity contribution in [1.82, 2.24) is 0 Å². The van der Waals surface area contributed by atoms with Gasteiger partial charge in [0.05, 0.1) is 26.4 Å². The van der Waals surface area contributed by atoms with E-state index in [-0.39, 0.29) is 19.3 Å². The molecule has 0 fully saturated rings. The van der Waals surface area contributed by atoms with E-state index >= 15 is 0 Å². The van der Waals surface area contributed by atoms with E-state index in [0.29, 0.717) is 19.3 Å². The van der Waals surface area contributed by atoms with E-state index < -0.39 is 91.5 Å². The second-order valence-corrected chi connectivity index (χ2v) is 26.9. The first-order chi connectivity index (χ1) is 47.2. The van der Waals surface area contributed by atoms with Crippen LogP contribution in [-0.4, -0.2) is 95.9 Å². The Bertz CT molecular complexity index is 2400. The topological polar surface area (TPSA) is 231 Å². The van der Waals surface area contributed by atoms with Gasteiger partial charge in [-0.1, -0.05) is 262 Å². The fourth-order valence-corrected chi connectivity index (χ4v) is 10.8.